The average Bonchev–Trinajstić information content (AvgIpc) is 3.43. The number of nitrogens with one attached hydrogen (secondary N) is 2. The number of benzene rings is 1. The normalized spacial score (nSPS) is 12.3. The first-order valence-corrected chi connectivity index (χ1v) is 12.8. The van der Waals surface area contributed by atoms with E-state index in [1.54, 1.807) is 36.5 Å². The second kappa shape index (κ2) is 13.9. The number of amidine groups is 1. The van der Waals surface area contributed by atoms with Gasteiger partial charge in [0.05, 0.1) is 19.4 Å². The summed E-state index contributed by atoms with van der Waals surface area (Å²) in [6.07, 6.45) is -0.756. The summed E-state index contributed by atoms with van der Waals surface area (Å²) in [4.78, 5) is 56.2. The summed E-state index contributed by atoms with van der Waals surface area (Å²) in [7, 11) is 0. The first-order chi connectivity index (χ1) is 19.5. The van der Waals surface area contributed by atoms with Gasteiger partial charge in [-0.25, -0.2) is 0 Å². The van der Waals surface area contributed by atoms with E-state index in [-0.39, 0.29) is 50.9 Å². The van der Waals surface area contributed by atoms with E-state index in [9.17, 15) is 39.6 Å². The third-order valence-corrected chi connectivity index (χ3v) is 6.59. The third-order valence-electron chi connectivity index (χ3n) is 6.59. The molecule has 41 heavy (non-hydrogen) atoms. The van der Waals surface area contributed by atoms with Crippen LogP contribution in [0.2, 0.25) is 0 Å². The number of carbonyl (C=O) groups is 4. The highest BCUT2D eigenvalue weighted by Gasteiger charge is 2.23. The number of carboxylic acid groups (broad SMARTS) is 4. The van der Waals surface area contributed by atoms with Crippen LogP contribution in [0.15, 0.2) is 41.5 Å². The van der Waals surface area contributed by atoms with E-state index in [2.05, 4.69) is 15.0 Å². The van der Waals surface area contributed by atoms with Crippen molar-refractivity contribution in [1.82, 2.24) is 9.97 Å². The Hall–Kier alpha value is -4.91. The highest BCUT2D eigenvalue weighted by Crippen LogP contribution is 2.28. The average molecular weight is 569 g/mol. The number of nitrogens with two attached hydrogens (primary N) is 1. The maximum atomic E-state index is 11.8. The lowest BCUT2D eigenvalue weighted by atomic mass is 9.96. The molecular weight excluding hydrogens is 536 g/mol. The molecule has 0 aliphatic heterocycles. The standard InChI is InChI=1S/C28H32N4O9/c29-28(27(41)15-4-2-1-3-5-15)31-14-22-19(11-26(39)40)17(7-9-24(35)36)21(32-22)12-20-18(10-25(37)38)16(13-30-20)6-8-23(33)34/h1-5,13,27,30,32,41H,6-12,14H2,(H2,29,31)(H,33,34)(H,35,36)(H,37,38)(H,39,40)/t27-/m1/s1. The Bertz CT molecular complexity index is 1440. The van der Waals surface area contributed by atoms with Crippen LogP contribution in [0.3, 0.4) is 0 Å². The first kappa shape index (κ1) is 30.6. The molecule has 3 aromatic rings. The zero-order chi connectivity index (χ0) is 30.1. The fourth-order valence-corrected chi connectivity index (χ4v) is 4.66. The van der Waals surface area contributed by atoms with Crippen LogP contribution in [0.1, 0.15) is 63.8 Å². The Labute approximate surface area is 234 Å². The lowest BCUT2D eigenvalue weighted by molar-refractivity contribution is -0.138. The lowest BCUT2D eigenvalue weighted by Gasteiger charge is -2.10. The molecule has 2 heterocycles. The van der Waals surface area contributed by atoms with Crippen molar-refractivity contribution in [2.45, 2.75) is 57.6 Å². The maximum absolute atomic E-state index is 11.8. The van der Waals surface area contributed by atoms with E-state index in [1.165, 1.54) is 0 Å². The number of H-pyrrole nitrogens is 2. The van der Waals surface area contributed by atoms with E-state index in [0.717, 1.165) is 0 Å². The van der Waals surface area contributed by atoms with Gasteiger partial charge in [0.1, 0.15) is 11.9 Å². The molecule has 13 nitrogen and oxygen atoms in total. The van der Waals surface area contributed by atoms with Gasteiger partial charge >= 0.3 is 23.9 Å². The highest BCUT2D eigenvalue weighted by atomic mass is 16.4. The molecular formula is C28H32N4O9. The van der Waals surface area contributed by atoms with Gasteiger partial charge in [0, 0.05) is 42.5 Å². The van der Waals surface area contributed by atoms with Crippen LogP contribution in [0.25, 0.3) is 0 Å². The van der Waals surface area contributed by atoms with Crippen LogP contribution in [-0.2, 0) is 57.8 Å². The van der Waals surface area contributed by atoms with Gasteiger partial charge in [0.25, 0.3) is 0 Å². The molecule has 218 valence electrons. The topological polar surface area (TPSA) is 239 Å². The second-order valence-corrected chi connectivity index (χ2v) is 9.47. The monoisotopic (exact) mass is 568 g/mol. The smallest absolute Gasteiger partial charge is 0.307 e. The molecule has 9 N–H and O–H groups in total. The number of aromatic nitrogens is 2. The fourth-order valence-electron chi connectivity index (χ4n) is 4.66. The van der Waals surface area contributed by atoms with Gasteiger partial charge in [-0.15, -0.1) is 0 Å². The highest BCUT2D eigenvalue weighted by molar-refractivity contribution is 5.85. The summed E-state index contributed by atoms with van der Waals surface area (Å²) >= 11 is 0. The molecule has 0 spiro atoms. The number of aliphatic hydroxyl groups excluding tert-OH is 1. The number of hydrogen-bond donors (Lipinski definition) is 8. The minimum atomic E-state index is -1.19. The Morgan fingerprint density at radius 2 is 1.39 bits per heavy atom. The van der Waals surface area contributed by atoms with Gasteiger partial charge in [-0.05, 0) is 40.7 Å². The second-order valence-electron chi connectivity index (χ2n) is 9.47. The molecule has 0 amide bonds. The van der Waals surface area contributed by atoms with E-state index < -0.39 is 36.4 Å². The molecule has 0 fully saturated rings. The van der Waals surface area contributed by atoms with Crippen LogP contribution in [0.5, 0.6) is 0 Å². The van der Waals surface area contributed by atoms with Crippen LogP contribution < -0.4 is 5.73 Å². The minimum Gasteiger partial charge on any atom is -0.481 e. The predicted octanol–water partition coefficient (Wildman–Crippen LogP) is 1.81. The molecule has 0 saturated carbocycles. The fraction of sp³-hybridized carbons (Fsp3) is 0.321. The molecule has 0 saturated heterocycles. The number of aliphatic imine (C=N–C) groups is 1. The van der Waals surface area contributed by atoms with Crippen molar-refractivity contribution >= 4 is 29.7 Å². The molecule has 0 aliphatic carbocycles. The van der Waals surface area contributed by atoms with Crippen molar-refractivity contribution in [3.8, 4) is 0 Å². The number of rotatable bonds is 16. The Morgan fingerprint density at radius 3 is 2.00 bits per heavy atom. The van der Waals surface area contributed by atoms with Crippen LogP contribution in [0.4, 0.5) is 0 Å². The van der Waals surface area contributed by atoms with E-state index in [1.807, 2.05) is 0 Å². The van der Waals surface area contributed by atoms with Gasteiger partial charge in [0.2, 0.25) is 0 Å². The summed E-state index contributed by atoms with van der Waals surface area (Å²) in [5.74, 6) is -4.49. The van der Waals surface area contributed by atoms with Crippen molar-refractivity contribution in [3.05, 3.63) is 81.4 Å². The number of aliphatic hydroxyl groups is 1. The van der Waals surface area contributed by atoms with Crippen molar-refractivity contribution in [2.24, 2.45) is 10.7 Å². The molecule has 2 aromatic heterocycles. The molecule has 0 bridgehead atoms. The first-order valence-electron chi connectivity index (χ1n) is 12.8. The summed E-state index contributed by atoms with van der Waals surface area (Å²) in [5, 5.41) is 48.0. The molecule has 1 aromatic carbocycles. The summed E-state index contributed by atoms with van der Waals surface area (Å²) < 4.78 is 0. The summed E-state index contributed by atoms with van der Waals surface area (Å²) in [6, 6.07) is 8.59. The van der Waals surface area contributed by atoms with Crippen LogP contribution >= 0.6 is 0 Å². The molecule has 0 radical (unpaired) electrons. The van der Waals surface area contributed by atoms with Crippen molar-refractivity contribution < 1.29 is 44.7 Å². The molecule has 0 unspecified atom stereocenters. The van der Waals surface area contributed by atoms with E-state index in [0.29, 0.717) is 44.9 Å². The lowest BCUT2D eigenvalue weighted by Crippen LogP contribution is -2.22. The van der Waals surface area contributed by atoms with Crippen molar-refractivity contribution in [2.75, 3.05) is 0 Å². The molecule has 13 heteroatoms. The SMILES string of the molecule is NC(=NCc1[nH]c(Cc2[nH]cc(CCC(=O)O)c2CC(=O)O)c(CCC(=O)O)c1CC(=O)O)[C@H](O)c1ccccc1. The van der Waals surface area contributed by atoms with E-state index >= 15 is 0 Å². The molecule has 3 rings (SSSR count). The van der Waals surface area contributed by atoms with Gasteiger partial charge < -0.3 is 41.2 Å². The number of aliphatic carboxylic acids is 4. The zero-order valence-electron chi connectivity index (χ0n) is 22.1. The maximum Gasteiger partial charge on any atom is 0.307 e. The van der Waals surface area contributed by atoms with Crippen LogP contribution in [0, 0.1) is 0 Å². The number of aromatic amines is 2. The Balaban J connectivity index is 2.03. The van der Waals surface area contributed by atoms with Crippen LogP contribution in [-0.4, -0.2) is 65.2 Å². The summed E-state index contributed by atoms with van der Waals surface area (Å²) in [6.45, 7) is -0.130. The third kappa shape index (κ3) is 8.54. The quantitative estimate of drug-likeness (QED) is 0.0920. The Morgan fingerprint density at radius 1 is 0.780 bits per heavy atom. The number of hydrogen-bond acceptors (Lipinski definition) is 6. The van der Waals surface area contributed by atoms with Gasteiger partial charge in [-0.1, -0.05) is 30.3 Å². The molecule has 0 aliphatic rings. The van der Waals surface area contributed by atoms with Crippen molar-refractivity contribution in [1.29, 1.82) is 0 Å². The van der Waals surface area contributed by atoms with E-state index in [4.69, 9.17) is 10.8 Å². The van der Waals surface area contributed by atoms with Gasteiger partial charge in [-0.2, -0.15) is 0 Å². The summed E-state index contributed by atoms with van der Waals surface area (Å²) in [5.41, 5.74) is 9.56. The van der Waals surface area contributed by atoms with Crippen molar-refractivity contribution in [3.63, 3.8) is 0 Å². The zero-order valence-corrected chi connectivity index (χ0v) is 22.1. The number of nitrogens with zero attached hydrogens (tertiary/aromatic N) is 1. The Kier molecular flexibility index (Phi) is 10.4. The molecule has 1 atom stereocenters. The number of aryl methyl sites for hydroxylation is 1. The largest absolute Gasteiger partial charge is 0.481 e. The predicted molar refractivity (Wildman–Crippen MR) is 146 cm³/mol. The van der Waals surface area contributed by atoms with Gasteiger partial charge in [0.15, 0.2) is 0 Å². The number of carboxylic acids is 4. The minimum absolute atomic E-state index is 0.00351. The van der Waals surface area contributed by atoms with Gasteiger partial charge in [-0.3, -0.25) is 24.2 Å².